The molecule has 40 heteroatoms. The van der Waals surface area contributed by atoms with Gasteiger partial charge in [0.25, 0.3) is 0 Å². The van der Waals surface area contributed by atoms with Crippen LogP contribution in [0.2, 0.25) is 30.2 Å². The summed E-state index contributed by atoms with van der Waals surface area (Å²) in [6, 6.07) is 4.16. The average Bonchev–Trinajstić information content (AvgIpc) is 0.704. The molecule has 1 aliphatic rings. The Bertz CT molecular complexity index is 1990. The van der Waals surface area contributed by atoms with E-state index in [1.54, 1.807) is 0 Å². The molecule has 0 saturated heterocycles. The molecule has 0 aromatic rings. The lowest BCUT2D eigenvalue weighted by atomic mass is 9.57. The van der Waals surface area contributed by atoms with E-state index in [-0.39, 0.29) is 5.41 Å². The molecule has 1 aliphatic carbocycles. The molecule has 1 saturated carbocycles. The first-order valence-corrected chi connectivity index (χ1v) is 73.8. The van der Waals surface area contributed by atoms with Crippen molar-refractivity contribution >= 4 is 218 Å². The molecule has 0 heterocycles. The van der Waals surface area contributed by atoms with Crippen LogP contribution >= 0.6 is 165 Å². The lowest BCUT2D eigenvalue weighted by Crippen LogP contribution is -2.72. The maximum atomic E-state index is 7.60. The van der Waals surface area contributed by atoms with Gasteiger partial charge in [0.05, 0.1) is 0 Å². The first kappa shape index (κ1) is 115. The second kappa shape index (κ2) is 75.2. The zero-order valence-corrected chi connectivity index (χ0v) is 90.7. The SMILES string of the molecule is CCO[Si](CCCCCCCSSSSCCC1CCC(CC[Si](OCC)(OCC)OCC)CC1(CCSSSSCCCCCCC[Si](OCC)(OCC)OCC)[C@](CCSSSSCCC[Si](OCC)(OCC)OCC)(SSSSCCC[Si](OCC)(OCC)OCC)[Si](OCC)(OCC)OCC)(OCC)OCC. The van der Waals surface area contributed by atoms with Gasteiger partial charge in [0.2, 0.25) is 0 Å². The summed E-state index contributed by atoms with van der Waals surface area (Å²) in [5, 5.41) is 0. The molecule has 0 aliphatic heterocycles. The van der Waals surface area contributed by atoms with Crippen LogP contribution in [0.5, 0.6) is 0 Å². The second-order valence-electron chi connectivity index (χ2n) is 25.5. The monoisotopic (exact) mass is 1970 g/mol. The van der Waals surface area contributed by atoms with Crippen LogP contribution in [-0.2, 0) is 79.7 Å². The Morgan fingerprint density at radius 3 is 0.874 bits per heavy atom. The van der Waals surface area contributed by atoms with E-state index in [0.29, 0.717) is 131 Å². The summed E-state index contributed by atoms with van der Waals surface area (Å²) in [7, 11) is 14.0. The Balaban J connectivity index is 4.09. The quantitative estimate of drug-likeness (QED) is 0.0320. The topological polar surface area (TPSA) is 166 Å². The first-order valence-electron chi connectivity index (χ1n) is 42.0. The van der Waals surface area contributed by atoms with E-state index in [9.17, 15) is 0 Å². The van der Waals surface area contributed by atoms with Gasteiger partial charge in [-0.15, -0.1) is 0 Å². The summed E-state index contributed by atoms with van der Waals surface area (Å²) in [6.07, 6.45) is 20.9. The highest BCUT2D eigenvalue weighted by atomic mass is 33.7. The van der Waals surface area contributed by atoms with Crippen molar-refractivity contribution in [2.45, 2.75) is 281 Å². The van der Waals surface area contributed by atoms with Crippen molar-refractivity contribution in [1.29, 1.82) is 0 Å². The highest BCUT2D eigenvalue weighted by Gasteiger charge is 2.73. The Labute approximate surface area is 747 Å². The zero-order valence-electron chi connectivity index (χ0n) is 71.7. The van der Waals surface area contributed by atoms with Crippen molar-refractivity contribution < 1.29 is 79.7 Å². The average molecular weight is 1980 g/mol. The van der Waals surface area contributed by atoms with Crippen molar-refractivity contribution in [3.63, 3.8) is 0 Å². The molecule has 0 amide bonds. The van der Waals surface area contributed by atoms with Crippen LogP contribution in [0.3, 0.4) is 0 Å². The third kappa shape index (κ3) is 47.2. The Kier molecular flexibility index (Phi) is 78.0. The van der Waals surface area contributed by atoms with Gasteiger partial charge >= 0.3 is 52.8 Å². The van der Waals surface area contributed by atoms with Gasteiger partial charge in [-0.1, -0.05) is 131 Å². The molecule has 666 valence electrons. The fourth-order valence-electron chi connectivity index (χ4n) is 14.3. The Morgan fingerprint density at radius 2 is 0.532 bits per heavy atom. The largest absolute Gasteiger partial charge is 0.519 e. The molecule has 0 N–H and O–H groups in total. The normalized spacial score (nSPS) is 16.9. The van der Waals surface area contributed by atoms with Crippen LogP contribution < -0.4 is 0 Å². The summed E-state index contributed by atoms with van der Waals surface area (Å²) in [4.78, 5) is 0. The van der Waals surface area contributed by atoms with Crippen LogP contribution in [0.25, 0.3) is 0 Å². The maximum Gasteiger partial charge on any atom is 0.519 e. The van der Waals surface area contributed by atoms with Crippen LogP contribution in [-0.4, -0.2) is 216 Å². The smallest absolute Gasteiger partial charge is 0.374 e. The number of rotatable bonds is 87. The lowest BCUT2D eigenvalue weighted by Gasteiger charge is -2.61. The summed E-state index contributed by atoms with van der Waals surface area (Å²) in [5.41, 5.74) is -0.284. The molecule has 1 fully saturated rings. The van der Waals surface area contributed by atoms with Crippen LogP contribution in [0.1, 0.15) is 247 Å². The molecule has 0 aromatic carbocycles. The summed E-state index contributed by atoms with van der Waals surface area (Å²) >= 11 is 0. The number of hydrogen-bond acceptors (Lipinski definition) is 34. The molecule has 111 heavy (non-hydrogen) atoms. The van der Waals surface area contributed by atoms with E-state index < -0.39 is 57.2 Å². The molecule has 3 unspecified atom stereocenters. The van der Waals surface area contributed by atoms with Crippen LogP contribution in [0.4, 0.5) is 0 Å². The van der Waals surface area contributed by atoms with Gasteiger partial charge in [-0.3, -0.25) is 0 Å². The molecule has 0 aromatic heterocycles. The summed E-state index contributed by atoms with van der Waals surface area (Å²) in [5.74, 6) is 7.85. The molecular weight excluding hydrogens is 1820 g/mol. The molecule has 0 spiro atoms. The van der Waals surface area contributed by atoms with Gasteiger partial charge in [0.1, 0.15) is 4.37 Å². The van der Waals surface area contributed by atoms with E-state index in [2.05, 4.69) is 52.3 Å². The van der Waals surface area contributed by atoms with E-state index in [0.717, 1.165) is 141 Å². The van der Waals surface area contributed by atoms with Gasteiger partial charge in [-0.05, 0) is 298 Å². The van der Waals surface area contributed by atoms with Crippen LogP contribution in [0.15, 0.2) is 0 Å². The third-order valence-electron chi connectivity index (χ3n) is 18.2. The molecule has 18 nitrogen and oxygen atoms in total. The fraction of sp³-hybridized carbons (Fsp3) is 1.00. The van der Waals surface area contributed by atoms with E-state index >= 15 is 0 Å². The van der Waals surface area contributed by atoms with Crippen molar-refractivity contribution in [2.24, 2.45) is 17.3 Å². The first-order chi connectivity index (χ1) is 54.1. The predicted octanol–water partition coefficient (Wildman–Crippen LogP) is 26.9. The standard InChI is InChI=1S/C71H154O18S16Si6/c1-19-72-106(73-20-2,74-21-3)62-45-41-37-39-43-55-90-98-101-94-59-51-69-50-49-68(52-66-110(84-31-13,85-32-14)86-33-15)67-70(69,53-60-95-102-99-91-56-44-40-38-42-46-63-107(75-22-4,76-23-5)77-24-6)71(111(87-34-16,88-35-17)89-36-18,97-105-104-93-58-48-65-109(81-28-10,82-29-11)83-30-12)54-61-96-103-100-92-57-47-64-108(78-25-7,79-26-8)80-27-9/h68-69H,19-67H2,1-18H3/t68?,69?,70?,71-/m1/s1. The van der Waals surface area contributed by atoms with E-state index in [1.807, 2.05) is 237 Å². The van der Waals surface area contributed by atoms with Crippen molar-refractivity contribution in [3.8, 4) is 0 Å². The third-order valence-corrected chi connectivity index (χ3v) is 65.8. The zero-order chi connectivity index (χ0) is 81.8. The second-order valence-corrected chi connectivity index (χ2v) is 67.4. The lowest BCUT2D eigenvalue weighted by molar-refractivity contribution is -0.0220. The minimum absolute atomic E-state index is 0.284. The molecule has 4 atom stereocenters. The minimum Gasteiger partial charge on any atom is -0.374 e. The highest BCUT2D eigenvalue weighted by Crippen LogP contribution is 2.69. The van der Waals surface area contributed by atoms with E-state index in [4.69, 9.17) is 79.7 Å². The predicted molar refractivity (Wildman–Crippen MR) is 523 cm³/mol. The Morgan fingerprint density at radius 1 is 0.261 bits per heavy atom. The van der Waals surface area contributed by atoms with Crippen LogP contribution in [0, 0.1) is 17.3 Å². The molecule has 1 rings (SSSR count). The summed E-state index contributed by atoms with van der Waals surface area (Å²) < 4.78 is 117. The summed E-state index contributed by atoms with van der Waals surface area (Å²) in [6.45, 7) is 47.6. The Hall–Kier alpha value is 6.18. The number of unbranched alkanes of at least 4 members (excludes halogenated alkanes) is 8. The van der Waals surface area contributed by atoms with Gasteiger partial charge in [0, 0.05) is 189 Å². The van der Waals surface area contributed by atoms with Gasteiger partial charge in [0.15, 0.2) is 0 Å². The minimum atomic E-state index is -3.72. The van der Waals surface area contributed by atoms with Crippen molar-refractivity contribution in [3.05, 3.63) is 0 Å². The van der Waals surface area contributed by atoms with Crippen molar-refractivity contribution in [1.82, 2.24) is 0 Å². The highest BCUT2D eigenvalue weighted by molar-refractivity contribution is 9.27. The van der Waals surface area contributed by atoms with Gasteiger partial charge in [-0.2, -0.15) is 0 Å². The molecular formula is C71H154O18S16Si6. The molecule has 0 radical (unpaired) electrons. The van der Waals surface area contributed by atoms with Crippen molar-refractivity contribution in [2.75, 3.05) is 159 Å². The maximum absolute atomic E-state index is 7.60. The number of hydrogen-bond donors (Lipinski definition) is 0. The molecule has 0 bridgehead atoms. The van der Waals surface area contributed by atoms with E-state index in [1.165, 1.54) is 51.4 Å². The van der Waals surface area contributed by atoms with Gasteiger partial charge < -0.3 is 79.7 Å². The van der Waals surface area contributed by atoms with Gasteiger partial charge in [-0.25, -0.2) is 0 Å². The fourth-order valence-corrected chi connectivity index (χ4v) is 60.7.